The quantitative estimate of drug-likeness (QED) is 0.413. The first-order valence-corrected chi connectivity index (χ1v) is 10.7. The van der Waals surface area contributed by atoms with Crippen LogP contribution in [-0.4, -0.2) is 59.8 Å². The second-order valence-electron chi connectivity index (χ2n) is 3.96. The maximum absolute atomic E-state index is 11.8. The van der Waals surface area contributed by atoms with Crippen molar-refractivity contribution in [3.05, 3.63) is 12.7 Å². The first kappa shape index (κ1) is 15.5. The van der Waals surface area contributed by atoms with Crippen LogP contribution < -0.4 is 5.32 Å². The zero-order valence-corrected chi connectivity index (χ0v) is 14.2. The maximum atomic E-state index is 11.8. The number of aromatic nitrogens is 4. The molecule has 0 aliphatic carbocycles. The summed E-state index contributed by atoms with van der Waals surface area (Å²) >= 11 is 2.02. The predicted octanol–water partition coefficient (Wildman–Crippen LogP) is 1.59. The summed E-state index contributed by atoms with van der Waals surface area (Å²) in [4.78, 5) is 26.8. The third-order valence-corrected chi connectivity index (χ3v) is 6.62. The number of nitrogens with zero attached hydrogens (tertiary/aromatic N) is 3. The molecule has 1 atom stereocenters. The molecule has 0 radical (unpaired) electrons. The minimum absolute atomic E-state index is 0.0824. The van der Waals surface area contributed by atoms with Gasteiger partial charge in [0, 0.05) is 0 Å². The Labute approximate surface area is 129 Å². The van der Waals surface area contributed by atoms with Crippen molar-refractivity contribution in [2.75, 3.05) is 18.1 Å². The molecule has 0 aromatic carbocycles. The fourth-order valence-electron chi connectivity index (χ4n) is 1.54. The number of carbonyl (C=O) groups excluding carboxylic acids is 1. The van der Waals surface area contributed by atoms with Gasteiger partial charge in [0.15, 0.2) is 0 Å². The molecule has 2 rings (SSSR count). The summed E-state index contributed by atoms with van der Waals surface area (Å²) in [5.74, 6) is 0.381. The van der Waals surface area contributed by atoms with Crippen LogP contribution in [0.5, 0.6) is 0 Å². The fourth-order valence-corrected chi connectivity index (χ4v) is 2.70. The Morgan fingerprint density at radius 3 is 3.15 bits per heavy atom. The van der Waals surface area contributed by atoms with E-state index in [1.807, 2.05) is 21.2 Å². The Morgan fingerprint density at radius 2 is 2.35 bits per heavy atom. The Bertz CT molecular complexity index is 618. The second-order valence-corrected chi connectivity index (χ2v) is 9.00. The molecule has 0 saturated carbocycles. The second kappa shape index (κ2) is 7.75. The van der Waals surface area contributed by atoms with Gasteiger partial charge in [-0.3, -0.25) is 0 Å². The van der Waals surface area contributed by atoms with E-state index in [4.69, 9.17) is 4.52 Å². The van der Waals surface area contributed by atoms with Crippen molar-refractivity contribution in [1.29, 1.82) is 0 Å². The zero-order valence-electron chi connectivity index (χ0n) is 11.0. The van der Waals surface area contributed by atoms with Crippen molar-refractivity contribution >= 4 is 49.5 Å². The van der Waals surface area contributed by atoms with E-state index in [-0.39, 0.29) is 11.3 Å². The van der Waals surface area contributed by atoms with Crippen LogP contribution in [0.25, 0.3) is 11.2 Å². The molecule has 2 N–H and O–H groups in total. The molecule has 0 fully saturated rings. The fraction of sp³-hybridized carbons (Fsp3) is 0.455. The van der Waals surface area contributed by atoms with Crippen LogP contribution in [0, 0.1) is 0 Å². The number of nitrogens with one attached hydrogen (secondary N) is 2. The molecule has 1 amide bonds. The van der Waals surface area contributed by atoms with Gasteiger partial charge < -0.3 is 0 Å². The summed E-state index contributed by atoms with van der Waals surface area (Å²) in [7, 11) is 0. The van der Waals surface area contributed by atoms with E-state index in [1.165, 1.54) is 12.7 Å². The molecule has 2 aromatic heterocycles. The molecule has 20 heavy (non-hydrogen) atoms. The van der Waals surface area contributed by atoms with Gasteiger partial charge in [-0.05, 0) is 0 Å². The van der Waals surface area contributed by atoms with Crippen LogP contribution in [0.2, 0.25) is 0 Å². The summed E-state index contributed by atoms with van der Waals surface area (Å²) in [6.45, 7) is 2.72. The number of H-pyrrole nitrogens is 1. The summed E-state index contributed by atoms with van der Waals surface area (Å²) in [6.07, 6.45) is 5.07. The molecule has 1 unspecified atom stereocenters. The Morgan fingerprint density at radius 1 is 1.50 bits per heavy atom. The van der Waals surface area contributed by atoms with Gasteiger partial charge in [-0.25, -0.2) is 0 Å². The van der Waals surface area contributed by atoms with Crippen molar-refractivity contribution in [3.8, 4) is 0 Å². The number of anilines is 1. The number of amides is 1. The molecule has 0 spiro atoms. The molecule has 7 nitrogen and oxygen atoms in total. The van der Waals surface area contributed by atoms with Crippen LogP contribution in [0.15, 0.2) is 12.7 Å². The van der Waals surface area contributed by atoms with Gasteiger partial charge in [-0.2, -0.15) is 0 Å². The number of fused-ring (bicyclic) bond motifs is 1. The number of imidazole rings is 1. The number of aromatic amines is 1. The van der Waals surface area contributed by atoms with Gasteiger partial charge in [0.25, 0.3) is 0 Å². The van der Waals surface area contributed by atoms with E-state index in [2.05, 4.69) is 32.2 Å². The molecule has 0 aliphatic rings. The van der Waals surface area contributed by atoms with Gasteiger partial charge in [0.05, 0.1) is 0 Å². The van der Waals surface area contributed by atoms with Crippen molar-refractivity contribution < 1.29 is 9.32 Å². The van der Waals surface area contributed by atoms with Crippen LogP contribution in [0.3, 0.4) is 0 Å². The zero-order chi connectivity index (χ0) is 14.4. The van der Waals surface area contributed by atoms with Gasteiger partial charge in [-0.1, -0.05) is 0 Å². The number of rotatable bonds is 7. The molecule has 106 valence electrons. The average Bonchev–Trinajstić information content (AvgIpc) is 2.93. The van der Waals surface area contributed by atoms with E-state index in [0.29, 0.717) is 36.4 Å². The summed E-state index contributed by atoms with van der Waals surface area (Å²) < 4.78 is 5.60. The SMILES string of the molecule is CC[P+](=[Te])OCCCC(=O)Nc1ncnc2nc[nH]c12. The summed E-state index contributed by atoms with van der Waals surface area (Å²) in [5, 5.41) is 2.43. The van der Waals surface area contributed by atoms with Crippen LogP contribution >= 0.6 is 5.37 Å². The van der Waals surface area contributed by atoms with E-state index < -0.39 is 0 Å². The number of hydrogen-bond donors (Lipinski definition) is 2. The third kappa shape index (κ3) is 4.29. The Balaban J connectivity index is 1.83. The first-order valence-electron chi connectivity index (χ1n) is 6.22. The Hall–Kier alpha value is -0.930. The monoisotopic (exact) mass is 410 g/mol. The van der Waals surface area contributed by atoms with Crippen molar-refractivity contribution in [2.45, 2.75) is 19.8 Å². The molecular weight excluding hydrogens is 393 g/mol. The topological polar surface area (TPSA) is 92.8 Å². The van der Waals surface area contributed by atoms with Crippen molar-refractivity contribution in [1.82, 2.24) is 19.9 Å². The molecule has 9 heteroatoms. The van der Waals surface area contributed by atoms with Crippen LogP contribution in [-0.2, 0) is 9.32 Å². The first-order chi connectivity index (χ1) is 9.70. The van der Waals surface area contributed by atoms with E-state index >= 15 is 0 Å². The number of hydrogen-bond acceptors (Lipinski definition) is 5. The van der Waals surface area contributed by atoms with Crippen molar-refractivity contribution in [3.63, 3.8) is 0 Å². The van der Waals surface area contributed by atoms with Crippen molar-refractivity contribution in [2.24, 2.45) is 0 Å². The number of carbonyl (C=O) groups is 1. The standard InChI is InChI=1S/C11H14N5O2PTe/c1-2-19(20)18-5-3-4-8(17)16-11-9-10(13-6-12-9)14-7-15-11/h6-7H,2-5H2,1H3,(H-,12,13,14,15,16,17)/p+1. The molecule has 0 bridgehead atoms. The summed E-state index contributed by atoms with van der Waals surface area (Å²) in [6, 6.07) is 0. The van der Waals surface area contributed by atoms with E-state index in [0.717, 1.165) is 6.16 Å². The molecule has 0 aliphatic heterocycles. The normalized spacial score (nSPS) is 11.6. The van der Waals surface area contributed by atoms with Crippen LogP contribution in [0.4, 0.5) is 5.82 Å². The van der Waals surface area contributed by atoms with Crippen LogP contribution in [0.1, 0.15) is 19.8 Å². The van der Waals surface area contributed by atoms with E-state index in [1.54, 1.807) is 0 Å². The summed E-state index contributed by atoms with van der Waals surface area (Å²) in [5.41, 5.74) is 1.18. The molecular formula is C11H15N5O2PTe+. The Kier molecular flexibility index (Phi) is 5.99. The van der Waals surface area contributed by atoms with Gasteiger partial charge in [0.2, 0.25) is 0 Å². The van der Waals surface area contributed by atoms with E-state index in [9.17, 15) is 4.79 Å². The van der Waals surface area contributed by atoms with Gasteiger partial charge in [0.1, 0.15) is 0 Å². The average molecular weight is 408 g/mol. The molecule has 2 aromatic rings. The molecule has 0 saturated heterocycles. The molecule has 2 heterocycles. The predicted molar refractivity (Wildman–Crippen MR) is 78.7 cm³/mol. The third-order valence-electron chi connectivity index (χ3n) is 2.52. The minimum atomic E-state index is -0.330. The van der Waals surface area contributed by atoms with Gasteiger partial charge in [-0.15, -0.1) is 0 Å². The van der Waals surface area contributed by atoms with Gasteiger partial charge >= 0.3 is 129 Å².